The standard InChI is InChI=1S/C33H28O/c1-4-12-24-25-15-8-10-17-29(25)33(2,3)30(24)19-23-20-32-28(26-16-9-11-18-31(26)34-32)21-27(23)22-13-6-5-7-14-22/h4-10,12-17,19-21H,1,11,18H2,2-3H3/b24-12-,30-19+. The smallest absolute Gasteiger partial charge is 0.135 e. The first-order chi connectivity index (χ1) is 16.6. The van der Waals surface area contributed by atoms with Gasteiger partial charge in [-0.15, -0.1) is 0 Å². The van der Waals surface area contributed by atoms with Crippen molar-refractivity contribution >= 4 is 28.7 Å². The molecule has 0 saturated heterocycles. The molecule has 0 N–H and O–H groups in total. The first-order valence-corrected chi connectivity index (χ1v) is 12.0. The molecule has 0 fully saturated rings. The number of rotatable bonds is 3. The van der Waals surface area contributed by atoms with Crippen LogP contribution in [0.2, 0.25) is 0 Å². The molecule has 0 spiro atoms. The SMILES string of the molecule is C=C/C=C1\C(=C/c2cc3oc4c(c3cc2-c2ccccc2)C=CCC4)C(C)(C)c2ccccc21. The van der Waals surface area contributed by atoms with Crippen LogP contribution in [0.5, 0.6) is 0 Å². The molecule has 6 rings (SSSR count). The third-order valence-corrected chi connectivity index (χ3v) is 7.32. The van der Waals surface area contributed by atoms with Crippen LogP contribution in [0.4, 0.5) is 0 Å². The highest BCUT2D eigenvalue weighted by Crippen LogP contribution is 2.51. The summed E-state index contributed by atoms with van der Waals surface area (Å²) in [7, 11) is 0. The van der Waals surface area contributed by atoms with E-state index in [1.807, 2.05) is 6.08 Å². The third kappa shape index (κ3) is 3.15. The minimum Gasteiger partial charge on any atom is -0.460 e. The van der Waals surface area contributed by atoms with E-state index in [1.165, 1.54) is 49.9 Å². The van der Waals surface area contributed by atoms with Crippen molar-refractivity contribution in [1.29, 1.82) is 0 Å². The summed E-state index contributed by atoms with van der Waals surface area (Å²) in [5.41, 5.74) is 10.9. The molecule has 2 aliphatic rings. The van der Waals surface area contributed by atoms with Crippen molar-refractivity contribution in [3.63, 3.8) is 0 Å². The Morgan fingerprint density at radius 2 is 1.74 bits per heavy atom. The second-order valence-electron chi connectivity index (χ2n) is 9.73. The predicted octanol–water partition coefficient (Wildman–Crippen LogP) is 9.00. The zero-order chi connectivity index (χ0) is 23.3. The number of aryl methyl sites for hydroxylation is 1. The van der Waals surface area contributed by atoms with E-state index in [0.29, 0.717) is 0 Å². The number of allylic oxidation sites excluding steroid dienone is 5. The van der Waals surface area contributed by atoms with E-state index < -0.39 is 0 Å². The van der Waals surface area contributed by atoms with Crippen LogP contribution in [-0.2, 0) is 11.8 Å². The van der Waals surface area contributed by atoms with Gasteiger partial charge in [-0.3, -0.25) is 0 Å². The van der Waals surface area contributed by atoms with Gasteiger partial charge in [0.15, 0.2) is 0 Å². The summed E-state index contributed by atoms with van der Waals surface area (Å²) >= 11 is 0. The molecule has 0 bridgehead atoms. The maximum absolute atomic E-state index is 6.36. The molecule has 0 atom stereocenters. The van der Waals surface area contributed by atoms with E-state index in [4.69, 9.17) is 4.42 Å². The molecule has 34 heavy (non-hydrogen) atoms. The van der Waals surface area contributed by atoms with Crippen LogP contribution in [0.15, 0.2) is 102 Å². The number of benzene rings is 3. The summed E-state index contributed by atoms with van der Waals surface area (Å²) in [5, 5.41) is 1.20. The van der Waals surface area contributed by atoms with Crippen LogP contribution >= 0.6 is 0 Å². The third-order valence-electron chi connectivity index (χ3n) is 7.32. The summed E-state index contributed by atoms with van der Waals surface area (Å²) in [4.78, 5) is 0. The molecule has 0 unspecified atom stereocenters. The minimum absolute atomic E-state index is 0.112. The van der Waals surface area contributed by atoms with Crippen molar-refractivity contribution in [2.75, 3.05) is 0 Å². The quantitative estimate of drug-likeness (QED) is 0.310. The first kappa shape index (κ1) is 20.7. The Hall–Kier alpha value is -3.84. The second-order valence-corrected chi connectivity index (χ2v) is 9.73. The van der Waals surface area contributed by atoms with Gasteiger partial charge in [0.05, 0.1) is 0 Å². The van der Waals surface area contributed by atoms with Crippen LogP contribution in [0.25, 0.3) is 39.8 Å². The van der Waals surface area contributed by atoms with E-state index in [2.05, 4.69) is 111 Å². The molecule has 1 nitrogen and oxygen atoms in total. The zero-order valence-corrected chi connectivity index (χ0v) is 19.8. The Balaban J connectivity index is 1.63. The summed E-state index contributed by atoms with van der Waals surface area (Å²) < 4.78 is 6.36. The molecule has 4 aromatic rings. The highest BCUT2D eigenvalue weighted by molar-refractivity contribution is 5.99. The lowest BCUT2D eigenvalue weighted by Gasteiger charge is -2.22. The minimum atomic E-state index is -0.112. The largest absolute Gasteiger partial charge is 0.460 e. The van der Waals surface area contributed by atoms with E-state index >= 15 is 0 Å². The van der Waals surface area contributed by atoms with E-state index in [9.17, 15) is 0 Å². The topological polar surface area (TPSA) is 13.1 Å². The maximum atomic E-state index is 6.36. The second kappa shape index (κ2) is 7.88. The lowest BCUT2D eigenvalue weighted by molar-refractivity contribution is 0.546. The van der Waals surface area contributed by atoms with Gasteiger partial charge in [0.2, 0.25) is 0 Å². The number of hydrogen-bond acceptors (Lipinski definition) is 1. The fraction of sp³-hybridized carbons (Fsp3) is 0.152. The van der Waals surface area contributed by atoms with Crippen molar-refractivity contribution in [3.8, 4) is 11.1 Å². The van der Waals surface area contributed by atoms with Crippen LogP contribution in [0.3, 0.4) is 0 Å². The predicted molar refractivity (Wildman–Crippen MR) is 145 cm³/mol. The molecule has 166 valence electrons. The number of fused-ring (bicyclic) bond motifs is 4. The van der Waals surface area contributed by atoms with Crippen molar-refractivity contribution in [1.82, 2.24) is 0 Å². The molecule has 1 aromatic heterocycles. The Labute approximate surface area is 201 Å². The zero-order valence-electron chi connectivity index (χ0n) is 19.8. The highest BCUT2D eigenvalue weighted by atomic mass is 16.3. The van der Waals surface area contributed by atoms with Crippen LogP contribution < -0.4 is 0 Å². The van der Waals surface area contributed by atoms with Crippen molar-refractivity contribution in [2.45, 2.75) is 32.1 Å². The normalized spacial score (nSPS) is 18.4. The fourth-order valence-electron chi connectivity index (χ4n) is 5.60. The van der Waals surface area contributed by atoms with Gasteiger partial charge in [-0.05, 0) is 63.6 Å². The Bertz CT molecular complexity index is 1520. The van der Waals surface area contributed by atoms with Crippen molar-refractivity contribution < 1.29 is 4.42 Å². The maximum Gasteiger partial charge on any atom is 0.135 e. The number of hydrogen-bond donors (Lipinski definition) is 0. The Kier molecular flexibility index (Phi) is 4.81. The van der Waals surface area contributed by atoms with E-state index in [0.717, 1.165) is 24.2 Å². The van der Waals surface area contributed by atoms with Gasteiger partial charge >= 0.3 is 0 Å². The van der Waals surface area contributed by atoms with Crippen LogP contribution in [-0.4, -0.2) is 0 Å². The molecule has 0 saturated carbocycles. The molecular formula is C33H28O. The van der Waals surface area contributed by atoms with E-state index in [1.54, 1.807) is 0 Å². The highest BCUT2D eigenvalue weighted by Gasteiger charge is 2.37. The molecular weight excluding hydrogens is 412 g/mol. The Morgan fingerprint density at radius 3 is 2.56 bits per heavy atom. The summed E-state index contributed by atoms with van der Waals surface area (Å²) in [6.07, 6.45) is 12.9. The van der Waals surface area contributed by atoms with Crippen molar-refractivity contribution in [3.05, 3.63) is 125 Å². The monoisotopic (exact) mass is 440 g/mol. The molecule has 3 aromatic carbocycles. The van der Waals surface area contributed by atoms with Gasteiger partial charge < -0.3 is 4.42 Å². The van der Waals surface area contributed by atoms with E-state index in [-0.39, 0.29) is 5.41 Å². The average Bonchev–Trinajstić information content (AvgIpc) is 3.32. The molecule has 0 aliphatic heterocycles. The van der Waals surface area contributed by atoms with Crippen molar-refractivity contribution in [2.24, 2.45) is 0 Å². The summed E-state index contributed by atoms with van der Waals surface area (Å²) in [6, 6.07) is 24.0. The molecule has 1 heteroatoms. The van der Waals surface area contributed by atoms with Gasteiger partial charge in [-0.2, -0.15) is 0 Å². The number of furan rings is 1. The van der Waals surface area contributed by atoms with Gasteiger partial charge in [0, 0.05) is 22.8 Å². The van der Waals surface area contributed by atoms with Gasteiger partial charge in [-0.1, -0.05) is 99.3 Å². The molecule has 2 aliphatic carbocycles. The van der Waals surface area contributed by atoms with Gasteiger partial charge in [0.1, 0.15) is 11.3 Å². The Morgan fingerprint density at radius 1 is 0.941 bits per heavy atom. The first-order valence-electron chi connectivity index (χ1n) is 12.0. The molecule has 0 radical (unpaired) electrons. The fourth-order valence-corrected chi connectivity index (χ4v) is 5.60. The summed E-state index contributed by atoms with van der Waals surface area (Å²) in [5.74, 6) is 1.10. The average molecular weight is 441 g/mol. The lowest BCUT2D eigenvalue weighted by atomic mass is 9.80. The molecule has 0 amide bonds. The van der Waals surface area contributed by atoms with Crippen LogP contribution in [0, 0.1) is 0 Å². The molecule has 1 heterocycles. The van der Waals surface area contributed by atoms with Gasteiger partial charge in [0.25, 0.3) is 0 Å². The summed E-state index contributed by atoms with van der Waals surface area (Å²) in [6.45, 7) is 8.64. The lowest BCUT2D eigenvalue weighted by Crippen LogP contribution is -2.15. The van der Waals surface area contributed by atoms with Crippen LogP contribution in [0.1, 0.15) is 48.3 Å². The van der Waals surface area contributed by atoms with Gasteiger partial charge in [-0.25, -0.2) is 0 Å².